The molecule has 1 saturated carbocycles. The fourth-order valence-corrected chi connectivity index (χ4v) is 3.47. The Morgan fingerprint density at radius 3 is 2.68 bits per heavy atom. The first-order valence-corrected chi connectivity index (χ1v) is 8.48. The van der Waals surface area contributed by atoms with E-state index in [1.54, 1.807) is 0 Å². The molecule has 0 unspecified atom stereocenters. The Morgan fingerprint density at radius 1 is 1.14 bits per heavy atom. The summed E-state index contributed by atoms with van der Waals surface area (Å²) in [5.41, 5.74) is 1.12. The van der Waals surface area contributed by atoms with Gasteiger partial charge in [0.25, 0.3) is 0 Å². The summed E-state index contributed by atoms with van der Waals surface area (Å²) in [4.78, 5) is 0. The van der Waals surface area contributed by atoms with Gasteiger partial charge in [0, 0.05) is 25.3 Å². The number of aliphatic hydroxyl groups is 1. The quantitative estimate of drug-likeness (QED) is 0.897. The number of aliphatic hydroxyl groups excluding tert-OH is 1. The Kier molecular flexibility index (Phi) is 5.34. The van der Waals surface area contributed by atoms with Crippen molar-refractivity contribution in [3.05, 3.63) is 29.8 Å². The van der Waals surface area contributed by atoms with Crippen LogP contribution in [-0.4, -0.2) is 42.6 Å². The maximum absolute atomic E-state index is 10.7. The second-order valence-corrected chi connectivity index (χ2v) is 6.50. The molecule has 3 rings (SSSR count). The Hall–Kier alpha value is -1.10. The van der Waals surface area contributed by atoms with Crippen molar-refractivity contribution in [1.29, 1.82) is 0 Å². The zero-order valence-electron chi connectivity index (χ0n) is 13.3. The Labute approximate surface area is 132 Å². The fourth-order valence-electron chi connectivity index (χ4n) is 3.47. The van der Waals surface area contributed by atoms with E-state index in [0.29, 0.717) is 6.04 Å². The van der Waals surface area contributed by atoms with Crippen molar-refractivity contribution >= 4 is 0 Å². The second kappa shape index (κ2) is 7.44. The van der Waals surface area contributed by atoms with E-state index in [9.17, 15) is 5.11 Å². The summed E-state index contributed by atoms with van der Waals surface area (Å²) in [6, 6.07) is 8.61. The molecule has 1 saturated heterocycles. The first kappa shape index (κ1) is 15.8. The maximum atomic E-state index is 10.7. The van der Waals surface area contributed by atoms with Crippen molar-refractivity contribution < 1.29 is 14.6 Å². The Balaban J connectivity index is 1.59. The molecule has 1 aliphatic heterocycles. The topological polar surface area (TPSA) is 50.7 Å². The van der Waals surface area contributed by atoms with Gasteiger partial charge in [-0.05, 0) is 50.7 Å². The molecule has 1 aromatic carbocycles. The van der Waals surface area contributed by atoms with E-state index in [4.69, 9.17) is 9.47 Å². The summed E-state index contributed by atoms with van der Waals surface area (Å²) in [6.07, 6.45) is 4.53. The molecule has 1 aliphatic carbocycles. The van der Waals surface area contributed by atoms with E-state index in [1.165, 1.54) is 0 Å². The number of para-hydroxylation sites is 1. The normalized spacial score (nSPS) is 30.2. The molecule has 1 aromatic rings. The first-order chi connectivity index (χ1) is 10.7. The van der Waals surface area contributed by atoms with Crippen LogP contribution in [0.25, 0.3) is 0 Å². The standard InChI is InChI=1S/C18H27NO3/c1-13-5-2-3-7-16(13)22-17-8-4-6-15(18(17)20)19-14-9-11-21-12-10-14/h2-3,5,7,14-15,17-20H,4,6,8-12H2,1H3/t15-,17+,18+/m0/s1. The SMILES string of the molecule is Cc1ccccc1O[C@@H]1CCC[C@H](NC2CCOCC2)[C@H]1O. The molecule has 0 radical (unpaired) electrons. The highest BCUT2D eigenvalue weighted by molar-refractivity contribution is 5.32. The number of aryl methyl sites for hydroxylation is 1. The zero-order valence-corrected chi connectivity index (χ0v) is 13.3. The highest BCUT2D eigenvalue weighted by Gasteiger charge is 2.34. The number of rotatable bonds is 4. The van der Waals surface area contributed by atoms with Crippen LogP contribution in [0.5, 0.6) is 5.75 Å². The average Bonchev–Trinajstić information content (AvgIpc) is 2.54. The summed E-state index contributed by atoms with van der Waals surface area (Å²) in [7, 11) is 0. The second-order valence-electron chi connectivity index (χ2n) is 6.50. The Morgan fingerprint density at radius 2 is 1.91 bits per heavy atom. The van der Waals surface area contributed by atoms with Crippen LogP contribution in [0.15, 0.2) is 24.3 Å². The van der Waals surface area contributed by atoms with Crippen molar-refractivity contribution in [2.24, 2.45) is 0 Å². The highest BCUT2D eigenvalue weighted by Crippen LogP contribution is 2.27. The van der Waals surface area contributed by atoms with Crippen LogP contribution in [0.3, 0.4) is 0 Å². The van der Waals surface area contributed by atoms with Crippen LogP contribution >= 0.6 is 0 Å². The lowest BCUT2D eigenvalue weighted by atomic mass is 9.88. The Bertz CT molecular complexity index is 473. The van der Waals surface area contributed by atoms with Gasteiger partial charge in [-0.25, -0.2) is 0 Å². The van der Waals surface area contributed by atoms with Crippen LogP contribution in [0.4, 0.5) is 0 Å². The number of hydrogen-bond donors (Lipinski definition) is 2. The van der Waals surface area contributed by atoms with Crippen LogP contribution in [0, 0.1) is 6.92 Å². The van der Waals surface area contributed by atoms with Gasteiger partial charge < -0.3 is 19.9 Å². The van der Waals surface area contributed by atoms with Crippen LogP contribution < -0.4 is 10.1 Å². The molecule has 2 N–H and O–H groups in total. The van der Waals surface area contributed by atoms with Crippen LogP contribution in [0.1, 0.15) is 37.7 Å². The van der Waals surface area contributed by atoms with Gasteiger partial charge in [0.15, 0.2) is 0 Å². The summed E-state index contributed by atoms with van der Waals surface area (Å²) in [6.45, 7) is 3.69. The van der Waals surface area contributed by atoms with Gasteiger partial charge in [0.2, 0.25) is 0 Å². The van der Waals surface area contributed by atoms with Gasteiger partial charge >= 0.3 is 0 Å². The predicted octanol–water partition coefficient (Wildman–Crippen LogP) is 2.42. The summed E-state index contributed by atoms with van der Waals surface area (Å²) in [5, 5.41) is 14.3. The molecular weight excluding hydrogens is 278 g/mol. The van der Waals surface area contributed by atoms with E-state index in [0.717, 1.165) is 56.6 Å². The molecule has 0 bridgehead atoms. The van der Waals surface area contributed by atoms with E-state index >= 15 is 0 Å². The van der Waals surface area contributed by atoms with Crippen molar-refractivity contribution in [3.8, 4) is 5.75 Å². The molecule has 22 heavy (non-hydrogen) atoms. The van der Waals surface area contributed by atoms with E-state index in [-0.39, 0.29) is 12.1 Å². The summed E-state index contributed by atoms with van der Waals surface area (Å²) in [5.74, 6) is 0.887. The monoisotopic (exact) mass is 305 g/mol. The minimum atomic E-state index is -0.448. The lowest BCUT2D eigenvalue weighted by Crippen LogP contribution is -2.54. The van der Waals surface area contributed by atoms with Crippen molar-refractivity contribution in [1.82, 2.24) is 5.32 Å². The molecule has 1 heterocycles. The number of ether oxygens (including phenoxy) is 2. The van der Waals surface area contributed by atoms with E-state index in [1.807, 2.05) is 31.2 Å². The minimum Gasteiger partial charge on any atom is -0.487 e. The van der Waals surface area contributed by atoms with Crippen LogP contribution in [-0.2, 0) is 4.74 Å². The molecule has 4 nitrogen and oxygen atoms in total. The largest absolute Gasteiger partial charge is 0.487 e. The molecule has 0 amide bonds. The maximum Gasteiger partial charge on any atom is 0.126 e. The molecule has 4 heteroatoms. The van der Waals surface area contributed by atoms with Gasteiger partial charge in [-0.2, -0.15) is 0 Å². The third-order valence-corrected chi connectivity index (χ3v) is 4.84. The highest BCUT2D eigenvalue weighted by atomic mass is 16.5. The van der Waals surface area contributed by atoms with Crippen LogP contribution in [0.2, 0.25) is 0 Å². The molecule has 3 atom stereocenters. The minimum absolute atomic E-state index is 0.118. The van der Waals surface area contributed by atoms with E-state index in [2.05, 4.69) is 5.32 Å². The van der Waals surface area contributed by atoms with Gasteiger partial charge in [-0.3, -0.25) is 0 Å². The van der Waals surface area contributed by atoms with E-state index < -0.39 is 6.10 Å². The third-order valence-electron chi connectivity index (χ3n) is 4.84. The third kappa shape index (κ3) is 3.80. The lowest BCUT2D eigenvalue weighted by molar-refractivity contribution is -0.0235. The van der Waals surface area contributed by atoms with Gasteiger partial charge in [-0.1, -0.05) is 18.2 Å². The molecule has 2 fully saturated rings. The van der Waals surface area contributed by atoms with Crippen molar-refractivity contribution in [2.45, 2.75) is 63.3 Å². The molecule has 2 aliphatic rings. The van der Waals surface area contributed by atoms with Crippen molar-refractivity contribution in [3.63, 3.8) is 0 Å². The molecule has 0 spiro atoms. The number of benzene rings is 1. The smallest absolute Gasteiger partial charge is 0.126 e. The molecule has 122 valence electrons. The fraction of sp³-hybridized carbons (Fsp3) is 0.667. The first-order valence-electron chi connectivity index (χ1n) is 8.48. The lowest BCUT2D eigenvalue weighted by Gasteiger charge is -2.38. The van der Waals surface area contributed by atoms with Crippen molar-refractivity contribution in [2.75, 3.05) is 13.2 Å². The molecular formula is C18H27NO3. The predicted molar refractivity (Wildman–Crippen MR) is 86.2 cm³/mol. The van der Waals surface area contributed by atoms with Gasteiger partial charge in [-0.15, -0.1) is 0 Å². The molecule has 0 aromatic heterocycles. The average molecular weight is 305 g/mol. The number of hydrogen-bond acceptors (Lipinski definition) is 4. The zero-order chi connectivity index (χ0) is 15.4. The van der Waals surface area contributed by atoms with Gasteiger partial charge in [0.1, 0.15) is 18.0 Å². The summed E-state index contributed by atoms with van der Waals surface area (Å²) < 4.78 is 11.5. The number of nitrogens with one attached hydrogen (secondary N) is 1. The van der Waals surface area contributed by atoms with Gasteiger partial charge in [0.05, 0.1) is 0 Å². The summed E-state index contributed by atoms with van der Waals surface area (Å²) >= 11 is 0.